The molecule has 3 N–H and O–H groups in total. The third-order valence-corrected chi connectivity index (χ3v) is 3.31. The Bertz CT molecular complexity index is 645. The number of hydrogen-bond acceptors (Lipinski definition) is 4. The molecule has 4 amide bonds. The molecule has 1 aromatic rings. The van der Waals surface area contributed by atoms with Crippen LogP contribution in [0.2, 0.25) is 5.02 Å². The van der Waals surface area contributed by atoms with Gasteiger partial charge in [-0.3, -0.25) is 20.2 Å². The van der Waals surface area contributed by atoms with Gasteiger partial charge in [0.05, 0.1) is 0 Å². The largest absolute Gasteiger partial charge is 0.507 e. The van der Waals surface area contributed by atoms with Gasteiger partial charge in [0.15, 0.2) is 0 Å². The molecule has 0 bridgehead atoms. The number of aryl methyl sites for hydroxylation is 1. The zero-order valence-electron chi connectivity index (χ0n) is 11.2. The zero-order valence-corrected chi connectivity index (χ0v) is 12.0. The fourth-order valence-electron chi connectivity index (χ4n) is 1.96. The minimum atomic E-state index is -0.873. The van der Waals surface area contributed by atoms with Crippen molar-refractivity contribution in [3.8, 4) is 5.75 Å². The molecule has 2 rings (SSSR count). The third-order valence-electron chi connectivity index (χ3n) is 2.96. The van der Waals surface area contributed by atoms with Crippen molar-refractivity contribution in [1.82, 2.24) is 10.6 Å². The summed E-state index contributed by atoms with van der Waals surface area (Å²) in [5.41, 5.74) is 0.741. The number of carbonyl (C=O) groups is 3. The van der Waals surface area contributed by atoms with Crippen LogP contribution in [0.1, 0.15) is 24.5 Å². The van der Waals surface area contributed by atoms with Crippen LogP contribution < -0.4 is 10.6 Å². The monoisotopic (exact) mass is 308 g/mol. The molecule has 1 fully saturated rings. The summed E-state index contributed by atoms with van der Waals surface area (Å²) in [6, 6.07) is 2.11. The highest BCUT2D eigenvalue weighted by molar-refractivity contribution is 6.32. The predicted molar refractivity (Wildman–Crippen MR) is 76.8 cm³/mol. The summed E-state index contributed by atoms with van der Waals surface area (Å²) in [6.45, 7) is 1.98. The maximum Gasteiger partial charge on any atom is 0.328 e. The number of phenols is 1. The molecular weight excluding hydrogens is 296 g/mol. The molecule has 110 valence electrons. The van der Waals surface area contributed by atoms with Crippen molar-refractivity contribution in [1.29, 1.82) is 0 Å². The first kappa shape index (κ1) is 15.1. The number of rotatable bonds is 3. The Kier molecular flexibility index (Phi) is 4.28. The lowest BCUT2D eigenvalue weighted by molar-refractivity contribution is -0.123. The second-order valence-electron chi connectivity index (χ2n) is 4.55. The van der Waals surface area contributed by atoms with E-state index in [0.717, 1.165) is 12.0 Å². The summed E-state index contributed by atoms with van der Waals surface area (Å²) in [5.74, 6) is -1.73. The van der Waals surface area contributed by atoms with Crippen LogP contribution >= 0.6 is 11.6 Å². The molecule has 7 heteroatoms. The molecule has 0 aromatic heterocycles. The van der Waals surface area contributed by atoms with Gasteiger partial charge in [-0.25, -0.2) is 4.79 Å². The fraction of sp³-hybridized carbons (Fsp3) is 0.214. The van der Waals surface area contributed by atoms with Crippen molar-refractivity contribution >= 4 is 35.5 Å². The first-order valence-electron chi connectivity index (χ1n) is 6.32. The summed E-state index contributed by atoms with van der Waals surface area (Å²) in [6.07, 6.45) is 2.76. The van der Waals surface area contributed by atoms with E-state index in [0.29, 0.717) is 11.4 Å². The molecule has 1 saturated heterocycles. The van der Waals surface area contributed by atoms with E-state index in [2.05, 4.69) is 0 Å². The van der Waals surface area contributed by atoms with Crippen molar-refractivity contribution in [2.24, 2.45) is 0 Å². The number of halogens is 1. The molecule has 0 atom stereocenters. The van der Waals surface area contributed by atoms with Crippen molar-refractivity contribution in [3.05, 3.63) is 33.9 Å². The summed E-state index contributed by atoms with van der Waals surface area (Å²) >= 11 is 6.10. The van der Waals surface area contributed by atoms with Crippen LogP contribution in [0.25, 0.3) is 6.08 Å². The van der Waals surface area contributed by atoms with E-state index in [4.69, 9.17) is 11.6 Å². The fourth-order valence-corrected chi connectivity index (χ4v) is 2.23. The number of nitrogens with one attached hydrogen (secondary N) is 2. The Morgan fingerprint density at radius 2 is 1.81 bits per heavy atom. The van der Waals surface area contributed by atoms with Gasteiger partial charge < -0.3 is 5.11 Å². The summed E-state index contributed by atoms with van der Waals surface area (Å²) < 4.78 is 0. The van der Waals surface area contributed by atoms with Gasteiger partial charge in [-0.1, -0.05) is 24.9 Å². The number of benzene rings is 1. The zero-order chi connectivity index (χ0) is 15.6. The molecule has 1 aliphatic rings. The minimum absolute atomic E-state index is 0.0900. The quantitative estimate of drug-likeness (QED) is 0.585. The average Bonchev–Trinajstić information content (AvgIpc) is 2.39. The Labute approximate surface area is 125 Å². The van der Waals surface area contributed by atoms with Gasteiger partial charge in [0, 0.05) is 10.6 Å². The number of imide groups is 2. The average molecular weight is 309 g/mol. The number of amides is 4. The highest BCUT2D eigenvalue weighted by Gasteiger charge is 2.28. The maximum absolute atomic E-state index is 11.6. The Morgan fingerprint density at radius 1 is 1.19 bits per heavy atom. The highest BCUT2D eigenvalue weighted by atomic mass is 35.5. The normalized spacial score (nSPS) is 14.8. The summed E-state index contributed by atoms with van der Waals surface area (Å²) in [7, 11) is 0. The second-order valence-corrected chi connectivity index (χ2v) is 4.96. The molecule has 0 aliphatic carbocycles. The van der Waals surface area contributed by atoms with Crippen LogP contribution in [0.5, 0.6) is 5.75 Å². The standard InChI is InChI=1S/C14H13ClN2O4/c1-2-3-7-6-11(18)8(5-10(7)15)4-9-12(19)16-14(21)17-13(9)20/h4-6,18H,2-3H2,1H3,(H2,16,17,19,20,21). The number of barbiturate groups is 1. The Morgan fingerprint density at radius 3 is 2.38 bits per heavy atom. The molecule has 0 saturated carbocycles. The van der Waals surface area contributed by atoms with Gasteiger partial charge in [-0.2, -0.15) is 0 Å². The first-order chi connectivity index (χ1) is 9.92. The molecule has 6 nitrogen and oxygen atoms in total. The van der Waals surface area contributed by atoms with Gasteiger partial charge in [0.2, 0.25) is 0 Å². The van der Waals surface area contributed by atoms with E-state index >= 15 is 0 Å². The van der Waals surface area contributed by atoms with Crippen molar-refractivity contribution < 1.29 is 19.5 Å². The SMILES string of the molecule is CCCc1cc(O)c(C=C2C(=O)NC(=O)NC2=O)cc1Cl. The van der Waals surface area contributed by atoms with Gasteiger partial charge in [-0.15, -0.1) is 0 Å². The Balaban J connectivity index is 2.41. The van der Waals surface area contributed by atoms with E-state index in [1.54, 1.807) is 0 Å². The Hall–Kier alpha value is -2.34. The smallest absolute Gasteiger partial charge is 0.328 e. The summed E-state index contributed by atoms with van der Waals surface area (Å²) in [4.78, 5) is 34.2. The number of phenolic OH excluding ortho intramolecular Hbond substituents is 1. The van der Waals surface area contributed by atoms with Crippen LogP contribution in [0, 0.1) is 0 Å². The highest BCUT2D eigenvalue weighted by Crippen LogP contribution is 2.29. The van der Waals surface area contributed by atoms with E-state index < -0.39 is 17.8 Å². The molecule has 0 unspecified atom stereocenters. The molecule has 0 radical (unpaired) electrons. The van der Waals surface area contributed by atoms with Crippen molar-refractivity contribution in [3.63, 3.8) is 0 Å². The predicted octanol–water partition coefficient (Wildman–Crippen LogP) is 1.75. The van der Waals surface area contributed by atoms with Gasteiger partial charge in [0.25, 0.3) is 11.8 Å². The summed E-state index contributed by atoms with van der Waals surface area (Å²) in [5, 5.41) is 14.3. The molecular formula is C14H13ClN2O4. The van der Waals surface area contributed by atoms with E-state index in [-0.39, 0.29) is 16.9 Å². The number of urea groups is 1. The van der Waals surface area contributed by atoms with Crippen LogP contribution in [0.4, 0.5) is 4.79 Å². The van der Waals surface area contributed by atoms with Gasteiger partial charge >= 0.3 is 6.03 Å². The lowest BCUT2D eigenvalue weighted by Crippen LogP contribution is -2.51. The minimum Gasteiger partial charge on any atom is -0.507 e. The van der Waals surface area contributed by atoms with Crippen LogP contribution in [-0.4, -0.2) is 23.0 Å². The van der Waals surface area contributed by atoms with Crippen molar-refractivity contribution in [2.75, 3.05) is 0 Å². The molecule has 0 spiro atoms. The third kappa shape index (κ3) is 3.22. The molecule has 21 heavy (non-hydrogen) atoms. The second kappa shape index (κ2) is 5.97. The number of aromatic hydroxyl groups is 1. The van der Waals surface area contributed by atoms with Crippen LogP contribution in [0.3, 0.4) is 0 Å². The maximum atomic E-state index is 11.6. The van der Waals surface area contributed by atoms with E-state index in [9.17, 15) is 19.5 Å². The topological polar surface area (TPSA) is 95.5 Å². The van der Waals surface area contributed by atoms with Gasteiger partial charge in [0.1, 0.15) is 11.3 Å². The molecule has 1 aromatic carbocycles. The van der Waals surface area contributed by atoms with E-state index in [1.165, 1.54) is 18.2 Å². The van der Waals surface area contributed by atoms with Gasteiger partial charge in [-0.05, 0) is 30.2 Å². The van der Waals surface area contributed by atoms with Crippen LogP contribution in [-0.2, 0) is 16.0 Å². The molecule has 1 aliphatic heterocycles. The van der Waals surface area contributed by atoms with Crippen molar-refractivity contribution in [2.45, 2.75) is 19.8 Å². The van der Waals surface area contributed by atoms with Crippen LogP contribution in [0.15, 0.2) is 17.7 Å². The van der Waals surface area contributed by atoms with E-state index in [1.807, 2.05) is 17.6 Å². The molecule has 1 heterocycles. The lowest BCUT2D eigenvalue weighted by atomic mass is 10.0. The first-order valence-corrected chi connectivity index (χ1v) is 6.70. The number of carbonyl (C=O) groups excluding carboxylic acids is 3. The lowest BCUT2D eigenvalue weighted by Gasteiger charge is -2.14. The number of hydrogen-bond donors (Lipinski definition) is 3.